The molecular formula is C24H22N2O3. The van der Waals surface area contributed by atoms with E-state index in [0.717, 1.165) is 23.1 Å². The quantitative estimate of drug-likeness (QED) is 0.398. The number of amides is 1. The van der Waals surface area contributed by atoms with Crippen molar-refractivity contribution in [1.82, 2.24) is 4.98 Å². The van der Waals surface area contributed by atoms with Crippen molar-refractivity contribution in [3.63, 3.8) is 0 Å². The molecule has 5 heteroatoms. The van der Waals surface area contributed by atoms with Gasteiger partial charge in [-0.25, -0.2) is 4.98 Å². The molecule has 29 heavy (non-hydrogen) atoms. The normalized spacial score (nSPS) is 12.5. The van der Waals surface area contributed by atoms with Crippen molar-refractivity contribution in [3.8, 4) is 11.5 Å². The summed E-state index contributed by atoms with van der Waals surface area (Å²) < 4.78 is 11.1. The maximum atomic E-state index is 12.0. The Balaban J connectivity index is 1.48. The molecule has 146 valence electrons. The maximum Gasteiger partial charge on any atom is 0.248 e. The zero-order valence-corrected chi connectivity index (χ0v) is 16.4. The number of benzene rings is 2. The van der Waals surface area contributed by atoms with Crippen molar-refractivity contribution in [1.29, 1.82) is 0 Å². The summed E-state index contributed by atoms with van der Waals surface area (Å²) in [5.41, 5.74) is 4.44. The Morgan fingerprint density at radius 2 is 2.00 bits per heavy atom. The molecule has 2 heterocycles. The van der Waals surface area contributed by atoms with Gasteiger partial charge in [0.05, 0.1) is 6.26 Å². The summed E-state index contributed by atoms with van der Waals surface area (Å²) in [5, 5.41) is 2.82. The highest BCUT2D eigenvalue weighted by Crippen LogP contribution is 2.28. The molecule has 1 N–H and O–H groups in total. The highest BCUT2D eigenvalue weighted by molar-refractivity contribution is 6.01. The molecule has 0 spiro atoms. The number of carbonyl (C=O) groups is 1. The van der Waals surface area contributed by atoms with Crippen molar-refractivity contribution in [2.24, 2.45) is 0 Å². The van der Waals surface area contributed by atoms with Gasteiger partial charge in [-0.05, 0) is 72.5 Å². The second-order valence-corrected chi connectivity index (χ2v) is 6.97. The van der Waals surface area contributed by atoms with E-state index in [9.17, 15) is 4.79 Å². The van der Waals surface area contributed by atoms with E-state index in [4.69, 9.17) is 8.83 Å². The average molecular weight is 386 g/mol. The van der Waals surface area contributed by atoms with Gasteiger partial charge in [-0.3, -0.25) is 4.79 Å². The number of aromatic nitrogens is 1. The van der Waals surface area contributed by atoms with Crippen LogP contribution in [0.5, 0.6) is 0 Å². The fourth-order valence-electron chi connectivity index (χ4n) is 3.03. The molecule has 0 aliphatic carbocycles. The molecule has 0 fully saturated rings. The SMILES string of the molecule is CCC(C)c1ccc2oc(-c3ccc(NC(=O)C=Cc4ccco4)cc3)nc2c1. The van der Waals surface area contributed by atoms with Crippen LogP contribution < -0.4 is 5.32 Å². The van der Waals surface area contributed by atoms with Crippen molar-refractivity contribution >= 4 is 28.8 Å². The predicted octanol–water partition coefficient (Wildman–Crippen LogP) is 6.25. The van der Waals surface area contributed by atoms with Crippen LogP contribution in [0.1, 0.15) is 37.5 Å². The topological polar surface area (TPSA) is 68.3 Å². The number of nitrogens with one attached hydrogen (secondary N) is 1. The maximum absolute atomic E-state index is 12.0. The molecule has 1 unspecified atom stereocenters. The van der Waals surface area contributed by atoms with E-state index in [2.05, 4.69) is 36.3 Å². The lowest BCUT2D eigenvalue weighted by molar-refractivity contribution is -0.111. The Labute approximate surface area is 169 Å². The smallest absolute Gasteiger partial charge is 0.248 e. The summed E-state index contributed by atoms with van der Waals surface area (Å²) in [5.74, 6) is 1.46. The van der Waals surface area contributed by atoms with E-state index < -0.39 is 0 Å². The third kappa shape index (κ3) is 4.29. The highest BCUT2D eigenvalue weighted by atomic mass is 16.3. The van der Waals surface area contributed by atoms with E-state index in [1.54, 1.807) is 24.5 Å². The molecule has 0 saturated heterocycles. The minimum absolute atomic E-state index is 0.228. The molecule has 0 radical (unpaired) electrons. The Hall–Kier alpha value is -3.60. The van der Waals surface area contributed by atoms with Crippen LogP contribution in [0, 0.1) is 0 Å². The Kier molecular flexibility index (Phi) is 5.29. The Morgan fingerprint density at radius 1 is 1.17 bits per heavy atom. The van der Waals surface area contributed by atoms with E-state index in [1.165, 1.54) is 11.6 Å². The third-order valence-electron chi connectivity index (χ3n) is 4.93. The number of oxazole rings is 1. The summed E-state index contributed by atoms with van der Waals surface area (Å²) in [4.78, 5) is 16.7. The number of hydrogen-bond acceptors (Lipinski definition) is 4. The van der Waals surface area contributed by atoms with Gasteiger partial charge in [0.2, 0.25) is 11.8 Å². The van der Waals surface area contributed by atoms with Gasteiger partial charge in [-0.2, -0.15) is 0 Å². The number of carbonyl (C=O) groups excluding carboxylic acids is 1. The van der Waals surface area contributed by atoms with Gasteiger partial charge in [0, 0.05) is 17.3 Å². The predicted molar refractivity (Wildman–Crippen MR) is 115 cm³/mol. The number of furan rings is 1. The first kappa shape index (κ1) is 18.7. The highest BCUT2D eigenvalue weighted by Gasteiger charge is 2.11. The monoisotopic (exact) mass is 386 g/mol. The van der Waals surface area contributed by atoms with E-state index in [-0.39, 0.29) is 5.91 Å². The van der Waals surface area contributed by atoms with Crippen LogP contribution in [0.3, 0.4) is 0 Å². The van der Waals surface area contributed by atoms with E-state index in [1.807, 2.05) is 30.3 Å². The summed E-state index contributed by atoms with van der Waals surface area (Å²) in [6.45, 7) is 4.38. The third-order valence-corrected chi connectivity index (χ3v) is 4.93. The molecule has 4 aromatic rings. The summed E-state index contributed by atoms with van der Waals surface area (Å²) in [6, 6.07) is 17.1. The summed E-state index contributed by atoms with van der Waals surface area (Å²) in [6.07, 6.45) is 5.70. The first-order valence-corrected chi connectivity index (χ1v) is 9.66. The van der Waals surface area contributed by atoms with Gasteiger partial charge in [0.15, 0.2) is 5.58 Å². The van der Waals surface area contributed by atoms with Gasteiger partial charge in [-0.15, -0.1) is 0 Å². The largest absolute Gasteiger partial charge is 0.465 e. The fourth-order valence-corrected chi connectivity index (χ4v) is 3.03. The Bertz CT molecular complexity index is 1140. The zero-order valence-electron chi connectivity index (χ0n) is 16.4. The van der Waals surface area contributed by atoms with Crippen molar-refractivity contribution in [3.05, 3.63) is 78.3 Å². The van der Waals surface area contributed by atoms with Crippen LogP contribution in [0.2, 0.25) is 0 Å². The summed E-state index contributed by atoms with van der Waals surface area (Å²) >= 11 is 0. The lowest BCUT2D eigenvalue weighted by Crippen LogP contribution is -2.07. The second kappa shape index (κ2) is 8.19. The zero-order chi connectivity index (χ0) is 20.2. The molecule has 1 amide bonds. The lowest BCUT2D eigenvalue weighted by Gasteiger charge is -2.07. The molecule has 0 bridgehead atoms. The van der Waals surface area contributed by atoms with Crippen LogP contribution in [0.25, 0.3) is 28.6 Å². The molecule has 0 aliphatic heterocycles. The molecule has 4 rings (SSSR count). The minimum Gasteiger partial charge on any atom is -0.465 e. The van der Waals surface area contributed by atoms with Crippen molar-refractivity contribution < 1.29 is 13.6 Å². The summed E-state index contributed by atoms with van der Waals surface area (Å²) in [7, 11) is 0. The molecule has 0 aliphatic rings. The first-order chi connectivity index (χ1) is 14.1. The number of fused-ring (bicyclic) bond motifs is 1. The van der Waals surface area contributed by atoms with Crippen LogP contribution in [-0.4, -0.2) is 10.9 Å². The van der Waals surface area contributed by atoms with Crippen molar-refractivity contribution in [2.75, 3.05) is 5.32 Å². The van der Waals surface area contributed by atoms with Gasteiger partial charge in [0.25, 0.3) is 0 Å². The molecule has 1 atom stereocenters. The van der Waals surface area contributed by atoms with Gasteiger partial charge in [0.1, 0.15) is 11.3 Å². The van der Waals surface area contributed by atoms with Gasteiger partial charge < -0.3 is 14.2 Å². The average Bonchev–Trinajstić information content (AvgIpc) is 3.41. The van der Waals surface area contributed by atoms with Crippen LogP contribution in [0.15, 0.2) is 75.8 Å². The number of nitrogens with zero attached hydrogens (tertiary/aromatic N) is 1. The lowest BCUT2D eigenvalue weighted by atomic mass is 9.98. The fraction of sp³-hybridized carbons (Fsp3) is 0.167. The van der Waals surface area contributed by atoms with Crippen LogP contribution in [0.4, 0.5) is 5.69 Å². The first-order valence-electron chi connectivity index (χ1n) is 9.66. The van der Waals surface area contributed by atoms with Gasteiger partial charge >= 0.3 is 0 Å². The minimum atomic E-state index is -0.228. The second-order valence-electron chi connectivity index (χ2n) is 6.97. The van der Waals surface area contributed by atoms with Gasteiger partial charge in [-0.1, -0.05) is 19.9 Å². The van der Waals surface area contributed by atoms with Crippen molar-refractivity contribution in [2.45, 2.75) is 26.2 Å². The number of anilines is 1. The van der Waals surface area contributed by atoms with Crippen LogP contribution in [-0.2, 0) is 4.79 Å². The molecular weight excluding hydrogens is 364 g/mol. The molecule has 2 aromatic carbocycles. The van der Waals surface area contributed by atoms with Crippen LogP contribution >= 0.6 is 0 Å². The number of rotatable bonds is 6. The molecule has 2 aromatic heterocycles. The van der Waals surface area contributed by atoms with E-state index >= 15 is 0 Å². The molecule has 5 nitrogen and oxygen atoms in total. The molecule has 0 saturated carbocycles. The standard InChI is InChI=1S/C24H22N2O3/c1-3-16(2)18-8-12-22-21(15-18)26-24(29-22)17-6-9-19(10-7-17)25-23(27)13-11-20-5-4-14-28-20/h4-16H,3H2,1-2H3,(H,25,27). The van der Waals surface area contributed by atoms with E-state index in [0.29, 0.717) is 23.3 Å². The Morgan fingerprint density at radius 3 is 2.72 bits per heavy atom. The number of hydrogen-bond donors (Lipinski definition) is 1.